The first kappa shape index (κ1) is 13.9. The van der Waals surface area contributed by atoms with Crippen molar-refractivity contribution in [1.82, 2.24) is 0 Å². The summed E-state index contributed by atoms with van der Waals surface area (Å²) in [5.41, 5.74) is -0.251. The third kappa shape index (κ3) is 3.27. The number of nitrogens with zero attached hydrogens (tertiary/aromatic N) is 1. The number of halogens is 3. The Kier molecular flexibility index (Phi) is 4.11. The molecular weight excluding hydrogens is 342 g/mol. The first-order valence-electron chi connectivity index (χ1n) is 5.09. The molecule has 0 aliphatic carbocycles. The van der Waals surface area contributed by atoms with E-state index in [9.17, 15) is 18.9 Å². The van der Waals surface area contributed by atoms with Crippen LogP contribution in [0, 0.1) is 21.7 Å². The highest BCUT2D eigenvalue weighted by Gasteiger charge is 2.13. The lowest BCUT2D eigenvalue weighted by Crippen LogP contribution is -2.02. The summed E-state index contributed by atoms with van der Waals surface area (Å²) >= 11 is 3.94. The molecule has 1 aromatic heterocycles. The Morgan fingerprint density at radius 2 is 1.95 bits per heavy atom. The van der Waals surface area contributed by atoms with E-state index < -0.39 is 16.6 Å². The fourth-order valence-electron chi connectivity index (χ4n) is 1.45. The molecule has 0 saturated carbocycles. The molecule has 8 heteroatoms. The largest absolute Gasteiger partial charge is 0.375 e. The molecule has 0 atom stereocenters. The van der Waals surface area contributed by atoms with Crippen LogP contribution in [0.1, 0.15) is 4.88 Å². The minimum absolute atomic E-state index is 0.00597. The van der Waals surface area contributed by atoms with E-state index in [0.29, 0.717) is 9.35 Å². The lowest BCUT2D eigenvalue weighted by Gasteiger charge is -2.07. The second-order valence-electron chi connectivity index (χ2n) is 3.60. The zero-order valence-electron chi connectivity index (χ0n) is 9.32. The number of anilines is 1. The van der Waals surface area contributed by atoms with Gasteiger partial charge in [0.15, 0.2) is 0 Å². The maximum absolute atomic E-state index is 13.5. The molecule has 0 radical (unpaired) electrons. The summed E-state index contributed by atoms with van der Waals surface area (Å²) in [5, 5.41) is 13.1. The van der Waals surface area contributed by atoms with E-state index >= 15 is 0 Å². The van der Waals surface area contributed by atoms with E-state index in [2.05, 4.69) is 21.2 Å². The van der Waals surface area contributed by atoms with Gasteiger partial charge < -0.3 is 5.32 Å². The minimum Gasteiger partial charge on any atom is -0.375 e. The van der Waals surface area contributed by atoms with Gasteiger partial charge in [0.1, 0.15) is 17.3 Å². The summed E-state index contributed by atoms with van der Waals surface area (Å²) in [5.74, 6) is -1.45. The van der Waals surface area contributed by atoms with Crippen LogP contribution in [0.4, 0.5) is 19.5 Å². The highest BCUT2D eigenvalue weighted by molar-refractivity contribution is 9.10. The van der Waals surface area contributed by atoms with Crippen molar-refractivity contribution in [1.29, 1.82) is 0 Å². The van der Waals surface area contributed by atoms with Gasteiger partial charge in [-0.1, -0.05) is 27.3 Å². The number of thiophene rings is 1. The fraction of sp³-hybridized carbons (Fsp3) is 0.0909. The van der Waals surface area contributed by atoms with Crippen LogP contribution in [0.3, 0.4) is 0 Å². The molecule has 0 aliphatic heterocycles. The SMILES string of the molecule is O=[N+]([O-])c1ccc(CNc2c(F)cc(Br)cc2F)s1. The Labute approximate surface area is 119 Å². The molecule has 1 N–H and O–H groups in total. The lowest BCUT2D eigenvalue weighted by atomic mass is 10.3. The van der Waals surface area contributed by atoms with E-state index in [1.807, 2.05) is 0 Å². The van der Waals surface area contributed by atoms with Gasteiger partial charge in [-0.2, -0.15) is 0 Å². The predicted octanol–water partition coefficient (Wildman–Crippen LogP) is 4.31. The smallest absolute Gasteiger partial charge is 0.324 e. The first-order valence-corrected chi connectivity index (χ1v) is 6.70. The molecule has 0 aliphatic rings. The zero-order chi connectivity index (χ0) is 14.0. The Balaban J connectivity index is 2.12. The maximum Gasteiger partial charge on any atom is 0.324 e. The van der Waals surface area contributed by atoms with Crippen LogP contribution in [0.15, 0.2) is 28.7 Å². The molecule has 1 aromatic carbocycles. The van der Waals surface area contributed by atoms with Crippen LogP contribution in [-0.4, -0.2) is 4.92 Å². The average molecular weight is 349 g/mol. The Bertz CT molecular complexity index is 610. The van der Waals surface area contributed by atoms with E-state index in [4.69, 9.17) is 0 Å². The second-order valence-corrected chi connectivity index (χ2v) is 5.66. The quantitative estimate of drug-likeness (QED) is 0.661. The van der Waals surface area contributed by atoms with Gasteiger partial charge in [-0.15, -0.1) is 0 Å². The van der Waals surface area contributed by atoms with Crippen molar-refractivity contribution in [3.8, 4) is 0 Å². The summed E-state index contributed by atoms with van der Waals surface area (Å²) in [6.07, 6.45) is 0. The number of nitro groups is 1. The van der Waals surface area contributed by atoms with E-state index in [1.54, 1.807) is 6.07 Å². The molecular formula is C11H7BrF2N2O2S. The second kappa shape index (κ2) is 5.62. The standard InChI is InChI=1S/C11H7BrF2N2O2S/c12-6-3-8(13)11(9(14)4-6)15-5-7-1-2-10(19-7)16(17)18/h1-4,15H,5H2. The van der Waals surface area contributed by atoms with Crippen molar-refractivity contribution in [2.75, 3.05) is 5.32 Å². The van der Waals surface area contributed by atoms with E-state index in [0.717, 1.165) is 23.5 Å². The molecule has 2 rings (SSSR count). The summed E-state index contributed by atoms with van der Waals surface area (Å²) in [6, 6.07) is 5.19. The van der Waals surface area contributed by atoms with Crippen molar-refractivity contribution < 1.29 is 13.7 Å². The van der Waals surface area contributed by atoms with Crippen molar-refractivity contribution in [2.45, 2.75) is 6.54 Å². The summed E-state index contributed by atoms with van der Waals surface area (Å²) in [7, 11) is 0. The Morgan fingerprint density at radius 1 is 1.32 bits per heavy atom. The topological polar surface area (TPSA) is 55.2 Å². The van der Waals surface area contributed by atoms with Crippen LogP contribution >= 0.6 is 27.3 Å². The average Bonchev–Trinajstić information content (AvgIpc) is 2.76. The van der Waals surface area contributed by atoms with Crippen LogP contribution in [0.25, 0.3) is 0 Å². The van der Waals surface area contributed by atoms with Gasteiger partial charge in [0.25, 0.3) is 0 Å². The van der Waals surface area contributed by atoms with Gasteiger partial charge in [-0.05, 0) is 18.2 Å². The number of rotatable bonds is 4. The van der Waals surface area contributed by atoms with Gasteiger partial charge in [-0.25, -0.2) is 8.78 Å². The molecule has 19 heavy (non-hydrogen) atoms. The predicted molar refractivity (Wildman–Crippen MR) is 72.4 cm³/mol. The molecule has 0 bridgehead atoms. The van der Waals surface area contributed by atoms with Crippen LogP contribution < -0.4 is 5.32 Å². The molecule has 0 saturated heterocycles. The number of hydrogen-bond acceptors (Lipinski definition) is 4. The highest BCUT2D eigenvalue weighted by atomic mass is 79.9. The fourth-order valence-corrected chi connectivity index (χ4v) is 2.61. The Morgan fingerprint density at radius 3 is 2.47 bits per heavy atom. The molecule has 2 aromatic rings. The van der Waals surface area contributed by atoms with Gasteiger partial charge in [0, 0.05) is 22.0 Å². The zero-order valence-corrected chi connectivity index (χ0v) is 11.7. The van der Waals surface area contributed by atoms with Crippen LogP contribution in [-0.2, 0) is 6.54 Å². The van der Waals surface area contributed by atoms with Gasteiger partial charge in [-0.3, -0.25) is 10.1 Å². The van der Waals surface area contributed by atoms with Crippen molar-refractivity contribution >= 4 is 38.0 Å². The van der Waals surface area contributed by atoms with E-state index in [1.165, 1.54) is 6.07 Å². The third-order valence-corrected chi connectivity index (χ3v) is 3.77. The number of hydrogen-bond donors (Lipinski definition) is 1. The highest BCUT2D eigenvalue weighted by Crippen LogP contribution is 2.27. The molecule has 0 amide bonds. The summed E-state index contributed by atoms with van der Waals surface area (Å²) in [4.78, 5) is 10.6. The minimum atomic E-state index is -0.724. The monoisotopic (exact) mass is 348 g/mol. The van der Waals surface area contributed by atoms with Gasteiger partial charge in [0.2, 0.25) is 0 Å². The first-order chi connectivity index (χ1) is 8.97. The molecule has 100 valence electrons. The summed E-state index contributed by atoms with van der Waals surface area (Å²) in [6.45, 7) is 0.119. The molecule has 0 fully saturated rings. The van der Waals surface area contributed by atoms with Crippen LogP contribution in [0.5, 0.6) is 0 Å². The molecule has 1 heterocycles. The third-order valence-electron chi connectivity index (χ3n) is 2.27. The number of benzene rings is 1. The molecule has 0 spiro atoms. The normalized spacial score (nSPS) is 10.5. The molecule has 4 nitrogen and oxygen atoms in total. The Hall–Kier alpha value is -1.54. The number of nitrogens with one attached hydrogen (secondary N) is 1. The van der Waals surface area contributed by atoms with E-state index in [-0.39, 0.29) is 17.2 Å². The van der Waals surface area contributed by atoms with Gasteiger partial charge >= 0.3 is 5.00 Å². The maximum atomic E-state index is 13.5. The van der Waals surface area contributed by atoms with Crippen LogP contribution in [0.2, 0.25) is 0 Å². The molecule has 0 unspecified atom stereocenters. The summed E-state index contributed by atoms with van der Waals surface area (Å²) < 4.78 is 27.3. The van der Waals surface area contributed by atoms with Crippen molar-refractivity contribution in [3.63, 3.8) is 0 Å². The van der Waals surface area contributed by atoms with Crippen molar-refractivity contribution in [3.05, 3.63) is 55.4 Å². The van der Waals surface area contributed by atoms with Gasteiger partial charge in [0.05, 0.1) is 4.92 Å². The van der Waals surface area contributed by atoms with Crippen molar-refractivity contribution in [2.24, 2.45) is 0 Å². The lowest BCUT2D eigenvalue weighted by molar-refractivity contribution is -0.380.